The number of rotatable bonds is 13. The predicted octanol–water partition coefficient (Wildman–Crippen LogP) is 7.47. The first kappa shape index (κ1) is 23.3. The van der Waals surface area contributed by atoms with Gasteiger partial charge in [-0.3, -0.25) is 4.90 Å². The largest absolute Gasteiger partial charge is 0.452 e. The van der Waals surface area contributed by atoms with Crippen molar-refractivity contribution in [2.45, 2.75) is 91.5 Å². The normalized spacial score (nSPS) is 11.9. The maximum atomic E-state index is 12.7. The Kier molecular flexibility index (Phi) is 12.3. The lowest BCUT2D eigenvalue weighted by Gasteiger charge is -2.28. The van der Waals surface area contributed by atoms with Crippen molar-refractivity contribution in [3.8, 4) is 0 Å². The predicted molar refractivity (Wildman–Crippen MR) is 115 cm³/mol. The van der Waals surface area contributed by atoms with Crippen LogP contribution in [0, 0.1) is 0 Å². The van der Waals surface area contributed by atoms with Crippen molar-refractivity contribution in [3.63, 3.8) is 0 Å². The molecule has 0 atom stereocenters. The third kappa shape index (κ3) is 8.64. The molecule has 0 N–H and O–H groups in total. The van der Waals surface area contributed by atoms with Crippen LogP contribution in [0.15, 0.2) is 41.6 Å². The van der Waals surface area contributed by atoms with Crippen LogP contribution in [0.2, 0.25) is 0 Å². The summed E-state index contributed by atoms with van der Waals surface area (Å²) in [4.78, 5) is 14.5. The second kappa shape index (κ2) is 14.3. The van der Waals surface area contributed by atoms with E-state index in [0.717, 1.165) is 31.2 Å². The molecule has 0 heterocycles. The van der Waals surface area contributed by atoms with Crippen LogP contribution in [0.3, 0.4) is 0 Å². The van der Waals surface area contributed by atoms with Gasteiger partial charge >= 0.3 is 6.09 Å². The minimum Gasteiger partial charge on any atom is -0.452 e. The lowest BCUT2D eigenvalue weighted by molar-refractivity contribution is 0.131. The number of hydrogen-bond acceptors (Lipinski definition) is 2. The molecule has 0 radical (unpaired) electrons. The van der Waals surface area contributed by atoms with Crippen molar-refractivity contribution in [2.24, 2.45) is 0 Å². The molecule has 1 aromatic rings. The first-order valence-electron chi connectivity index (χ1n) is 10.8. The van der Waals surface area contributed by atoms with Crippen LogP contribution < -0.4 is 0 Å². The molecule has 0 aliphatic rings. The topological polar surface area (TPSA) is 29.5 Å². The second-order valence-electron chi connectivity index (χ2n) is 7.26. The molecule has 152 valence electrons. The average Bonchev–Trinajstić information content (AvgIpc) is 2.70. The highest BCUT2D eigenvalue weighted by Crippen LogP contribution is 2.27. The van der Waals surface area contributed by atoms with Gasteiger partial charge in [0.1, 0.15) is 0 Å². The van der Waals surface area contributed by atoms with Gasteiger partial charge in [0.2, 0.25) is 0 Å². The minimum absolute atomic E-state index is 0.246. The molecule has 1 rings (SSSR count). The Labute approximate surface area is 166 Å². The van der Waals surface area contributed by atoms with Crippen molar-refractivity contribution in [1.29, 1.82) is 0 Å². The highest BCUT2D eigenvalue weighted by molar-refractivity contribution is 5.70. The lowest BCUT2D eigenvalue weighted by atomic mass is 9.96. The first-order valence-corrected chi connectivity index (χ1v) is 10.8. The van der Waals surface area contributed by atoms with Gasteiger partial charge in [0, 0.05) is 5.70 Å². The number of carbonyl (C=O) groups is 1. The highest BCUT2D eigenvalue weighted by atomic mass is 16.5. The van der Waals surface area contributed by atoms with Gasteiger partial charge in [0.25, 0.3) is 0 Å². The number of amides is 1. The van der Waals surface area contributed by atoms with E-state index in [1.807, 2.05) is 23.1 Å². The Morgan fingerprint density at radius 3 is 2.11 bits per heavy atom. The zero-order valence-corrected chi connectivity index (χ0v) is 17.9. The molecule has 0 aliphatic carbocycles. The monoisotopic (exact) mass is 373 g/mol. The number of allylic oxidation sites excluding steroid dienone is 2. The minimum atomic E-state index is -0.246. The molecule has 0 aromatic heterocycles. The van der Waals surface area contributed by atoms with Gasteiger partial charge in [-0.05, 0) is 37.7 Å². The van der Waals surface area contributed by atoms with E-state index < -0.39 is 0 Å². The fraction of sp³-hybridized carbons (Fsp3) is 0.625. The van der Waals surface area contributed by atoms with Crippen LogP contribution in [0.5, 0.6) is 0 Å². The van der Waals surface area contributed by atoms with E-state index in [4.69, 9.17) is 4.74 Å². The number of methoxy groups -OCH3 is 1. The van der Waals surface area contributed by atoms with E-state index in [0.29, 0.717) is 6.54 Å². The number of ether oxygens (including phenoxy) is 1. The average molecular weight is 374 g/mol. The molecule has 27 heavy (non-hydrogen) atoms. The van der Waals surface area contributed by atoms with Gasteiger partial charge in [-0.15, -0.1) is 0 Å². The number of carbonyl (C=O) groups excluding carboxylic acids is 1. The fourth-order valence-electron chi connectivity index (χ4n) is 3.45. The van der Waals surface area contributed by atoms with Gasteiger partial charge in [-0.2, -0.15) is 0 Å². The zero-order chi connectivity index (χ0) is 19.9. The van der Waals surface area contributed by atoms with Crippen molar-refractivity contribution in [3.05, 3.63) is 47.2 Å². The van der Waals surface area contributed by atoms with E-state index >= 15 is 0 Å². The number of unbranched alkanes of at least 4 members (excludes halogenated alkanes) is 4. The maximum Gasteiger partial charge on any atom is 0.414 e. The van der Waals surface area contributed by atoms with Gasteiger partial charge in [0.15, 0.2) is 0 Å². The van der Waals surface area contributed by atoms with Crippen molar-refractivity contribution in [2.75, 3.05) is 7.11 Å². The van der Waals surface area contributed by atoms with E-state index in [1.54, 1.807) is 0 Å². The lowest BCUT2D eigenvalue weighted by Crippen LogP contribution is -2.31. The first-order chi connectivity index (χ1) is 13.2. The summed E-state index contributed by atoms with van der Waals surface area (Å²) < 4.78 is 5.16. The molecule has 1 aromatic carbocycles. The number of hydrogen-bond donors (Lipinski definition) is 0. The Morgan fingerprint density at radius 1 is 0.852 bits per heavy atom. The summed E-state index contributed by atoms with van der Waals surface area (Å²) in [7, 11) is 1.48. The summed E-state index contributed by atoms with van der Waals surface area (Å²) >= 11 is 0. The van der Waals surface area contributed by atoms with Crippen LogP contribution in [0.25, 0.3) is 0 Å². The van der Waals surface area contributed by atoms with Crippen LogP contribution >= 0.6 is 0 Å². The summed E-state index contributed by atoms with van der Waals surface area (Å²) in [5, 5.41) is 0. The second-order valence-corrected chi connectivity index (χ2v) is 7.26. The molecule has 0 unspecified atom stereocenters. The van der Waals surface area contributed by atoms with E-state index in [2.05, 4.69) is 32.9 Å². The van der Waals surface area contributed by atoms with Crippen LogP contribution in [-0.2, 0) is 11.3 Å². The van der Waals surface area contributed by atoms with Crippen molar-refractivity contribution >= 4 is 6.09 Å². The molecular formula is C24H39NO2. The summed E-state index contributed by atoms with van der Waals surface area (Å²) in [6, 6.07) is 10.2. The van der Waals surface area contributed by atoms with Gasteiger partial charge in [0.05, 0.1) is 13.7 Å². The van der Waals surface area contributed by atoms with Crippen LogP contribution in [0.4, 0.5) is 4.79 Å². The smallest absolute Gasteiger partial charge is 0.414 e. The van der Waals surface area contributed by atoms with Crippen LogP contribution in [-0.4, -0.2) is 18.1 Å². The molecule has 3 heteroatoms. The molecular weight excluding hydrogens is 334 g/mol. The van der Waals surface area contributed by atoms with Crippen molar-refractivity contribution in [1.82, 2.24) is 4.90 Å². The molecule has 0 saturated carbocycles. The zero-order valence-electron chi connectivity index (χ0n) is 17.9. The summed E-state index contributed by atoms with van der Waals surface area (Å²) in [6.07, 6.45) is 11.3. The standard InChI is InChI=1S/C24H39NO2/c1-5-8-10-14-19-22(18-9-6-2)23(15-7-3)25(24(26)27-4)20-21-16-12-11-13-17-21/h11-13,16-17H,5-10,14-15,18-20H2,1-4H3/b23-22-. The quantitative estimate of drug-likeness (QED) is 0.336. The highest BCUT2D eigenvalue weighted by Gasteiger charge is 2.21. The van der Waals surface area contributed by atoms with Crippen LogP contribution in [0.1, 0.15) is 90.5 Å². The molecule has 0 bridgehead atoms. The van der Waals surface area contributed by atoms with Gasteiger partial charge < -0.3 is 4.74 Å². The molecule has 1 amide bonds. The summed E-state index contributed by atoms with van der Waals surface area (Å²) in [6.45, 7) is 7.24. The Bertz CT molecular complexity index is 551. The summed E-state index contributed by atoms with van der Waals surface area (Å²) in [5.41, 5.74) is 3.78. The molecule has 0 spiro atoms. The van der Waals surface area contributed by atoms with E-state index in [9.17, 15) is 4.79 Å². The third-order valence-electron chi connectivity index (χ3n) is 4.96. The Morgan fingerprint density at radius 2 is 1.52 bits per heavy atom. The Balaban J connectivity index is 3.15. The van der Waals surface area contributed by atoms with Gasteiger partial charge in [-0.1, -0.05) is 88.8 Å². The third-order valence-corrected chi connectivity index (χ3v) is 4.96. The summed E-state index contributed by atoms with van der Waals surface area (Å²) in [5.74, 6) is 0. The van der Waals surface area contributed by atoms with E-state index in [-0.39, 0.29) is 6.09 Å². The number of nitrogens with zero attached hydrogens (tertiary/aromatic N) is 1. The molecule has 3 nitrogen and oxygen atoms in total. The number of benzene rings is 1. The maximum absolute atomic E-state index is 12.7. The molecule has 0 saturated heterocycles. The molecule has 0 aliphatic heterocycles. The van der Waals surface area contributed by atoms with E-state index in [1.165, 1.54) is 56.9 Å². The molecule has 0 fully saturated rings. The van der Waals surface area contributed by atoms with Gasteiger partial charge in [-0.25, -0.2) is 4.79 Å². The fourth-order valence-corrected chi connectivity index (χ4v) is 3.45. The SMILES string of the molecule is CCCCCC/C(CCCC)=C(/CCC)N(Cc1ccccc1)C(=O)OC. The Hall–Kier alpha value is -1.77. The van der Waals surface area contributed by atoms with Crippen molar-refractivity contribution < 1.29 is 9.53 Å².